The van der Waals surface area contributed by atoms with Crippen molar-refractivity contribution >= 4 is 22.1 Å². The molecule has 0 bridgehead atoms. The fraction of sp³-hybridized carbons (Fsp3) is 0.0286. The second kappa shape index (κ2) is 9.95. The highest BCUT2D eigenvalue weighted by Gasteiger charge is 2.21. The summed E-state index contributed by atoms with van der Waals surface area (Å²) in [5.41, 5.74) is 5.62. The number of anilines is 2. The van der Waals surface area contributed by atoms with Gasteiger partial charge in [0.25, 0.3) is 0 Å². The van der Waals surface area contributed by atoms with Gasteiger partial charge in [0.05, 0.1) is 11.4 Å². The van der Waals surface area contributed by atoms with Gasteiger partial charge in [-0.3, -0.25) is 0 Å². The lowest BCUT2D eigenvalue weighted by Crippen LogP contribution is -2.13. The average Bonchev–Trinajstić information content (AvgIpc) is 2.97. The Balaban J connectivity index is 1.53. The molecule has 0 aliphatic heterocycles. The van der Waals surface area contributed by atoms with Gasteiger partial charge < -0.3 is 4.90 Å². The highest BCUT2D eigenvalue weighted by Crippen LogP contribution is 2.41. The first-order valence-electron chi connectivity index (χ1n) is 12.6. The Morgan fingerprint density at radius 3 is 1.95 bits per heavy atom. The summed E-state index contributed by atoms with van der Waals surface area (Å²) in [4.78, 5) is 1.57. The summed E-state index contributed by atoms with van der Waals surface area (Å²) in [6.45, 7) is 0. The highest BCUT2D eigenvalue weighted by atomic mass is 19.1. The number of para-hydroxylation sites is 1. The quantitative estimate of drug-likeness (QED) is 0.229. The molecular weight excluding hydrogens is 472 g/mol. The van der Waals surface area contributed by atoms with Crippen molar-refractivity contribution < 1.29 is 8.78 Å². The first-order valence-corrected chi connectivity index (χ1v) is 12.6. The molecule has 0 spiro atoms. The van der Waals surface area contributed by atoms with Gasteiger partial charge in [-0.1, -0.05) is 103 Å². The standard InChI is InChI=1S/C35H25F2N/c1-38(32-17-8-7-16-31(32)36)33-21-20-30(25-11-3-2-4-12-25)34(35(33)37)29-15-9-14-27(23-29)28-19-18-24-10-5-6-13-26(24)22-28/h2-23H,1H3. The molecule has 3 heteroatoms. The zero-order chi connectivity index (χ0) is 26.1. The number of hydrogen-bond acceptors (Lipinski definition) is 1. The van der Waals surface area contributed by atoms with Gasteiger partial charge in [-0.05, 0) is 68.9 Å². The van der Waals surface area contributed by atoms with E-state index in [-0.39, 0.29) is 0 Å². The lowest BCUT2D eigenvalue weighted by Gasteiger charge is -2.23. The molecule has 6 aromatic carbocycles. The van der Waals surface area contributed by atoms with E-state index in [1.807, 2.05) is 72.8 Å². The maximum absolute atomic E-state index is 16.6. The average molecular weight is 498 g/mol. The van der Waals surface area contributed by atoms with Gasteiger partial charge in [0, 0.05) is 12.6 Å². The Hall–Kier alpha value is -4.76. The lowest BCUT2D eigenvalue weighted by atomic mass is 9.91. The molecule has 0 aromatic heterocycles. The molecule has 0 radical (unpaired) electrons. The molecule has 184 valence electrons. The van der Waals surface area contributed by atoms with Crippen molar-refractivity contribution in [1.29, 1.82) is 0 Å². The van der Waals surface area contributed by atoms with Crippen LogP contribution in [0.5, 0.6) is 0 Å². The molecule has 0 saturated carbocycles. The normalized spacial score (nSPS) is 11.0. The Kier molecular flexibility index (Phi) is 6.19. The minimum atomic E-state index is -0.401. The van der Waals surface area contributed by atoms with E-state index >= 15 is 4.39 Å². The van der Waals surface area contributed by atoms with E-state index in [1.54, 1.807) is 36.2 Å². The molecule has 0 fully saturated rings. The van der Waals surface area contributed by atoms with Crippen LogP contribution in [0.3, 0.4) is 0 Å². The van der Waals surface area contributed by atoms with Crippen LogP contribution in [-0.4, -0.2) is 7.05 Å². The molecule has 1 nitrogen and oxygen atoms in total. The summed E-state index contributed by atoms with van der Waals surface area (Å²) in [5, 5.41) is 2.33. The third kappa shape index (κ3) is 4.33. The number of hydrogen-bond donors (Lipinski definition) is 0. The Labute approximate surface area is 221 Å². The van der Waals surface area contributed by atoms with Crippen LogP contribution in [-0.2, 0) is 0 Å². The predicted octanol–water partition coefficient (Wildman–Crippen LogP) is 9.89. The third-order valence-corrected chi connectivity index (χ3v) is 7.02. The van der Waals surface area contributed by atoms with Crippen LogP contribution in [0, 0.1) is 11.6 Å². The Morgan fingerprint density at radius 2 is 1.13 bits per heavy atom. The fourth-order valence-corrected chi connectivity index (χ4v) is 5.04. The third-order valence-electron chi connectivity index (χ3n) is 7.02. The zero-order valence-electron chi connectivity index (χ0n) is 20.9. The van der Waals surface area contributed by atoms with Crippen LogP contribution < -0.4 is 4.90 Å². The molecule has 0 heterocycles. The maximum Gasteiger partial charge on any atom is 0.155 e. The van der Waals surface area contributed by atoms with Gasteiger partial charge in [-0.15, -0.1) is 0 Å². The van der Waals surface area contributed by atoms with Gasteiger partial charge in [-0.25, -0.2) is 8.78 Å². The fourth-order valence-electron chi connectivity index (χ4n) is 5.04. The van der Waals surface area contributed by atoms with Crippen LogP contribution in [0.15, 0.2) is 133 Å². The van der Waals surface area contributed by atoms with E-state index in [2.05, 4.69) is 30.3 Å². The first kappa shape index (κ1) is 23.6. The second-order valence-electron chi connectivity index (χ2n) is 9.34. The van der Waals surface area contributed by atoms with Crippen LogP contribution in [0.1, 0.15) is 0 Å². The maximum atomic E-state index is 16.6. The zero-order valence-corrected chi connectivity index (χ0v) is 20.9. The number of benzene rings is 6. The molecule has 0 atom stereocenters. The molecule has 0 N–H and O–H groups in total. The van der Waals surface area contributed by atoms with Crippen molar-refractivity contribution in [3.8, 4) is 33.4 Å². The molecule has 38 heavy (non-hydrogen) atoms. The second-order valence-corrected chi connectivity index (χ2v) is 9.34. The highest BCUT2D eigenvalue weighted by molar-refractivity contribution is 5.91. The first-order chi connectivity index (χ1) is 18.6. The van der Waals surface area contributed by atoms with Gasteiger partial charge in [0.15, 0.2) is 5.82 Å². The summed E-state index contributed by atoms with van der Waals surface area (Å²) in [6, 6.07) is 42.4. The number of nitrogens with zero attached hydrogens (tertiary/aromatic N) is 1. The van der Waals surface area contributed by atoms with Gasteiger partial charge in [0.1, 0.15) is 5.82 Å². The van der Waals surface area contributed by atoms with Gasteiger partial charge in [-0.2, -0.15) is 0 Å². The SMILES string of the molecule is CN(c1ccccc1F)c1ccc(-c2ccccc2)c(-c2cccc(-c3ccc4ccccc4c3)c2)c1F. The number of rotatable bonds is 5. The van der Waals surface area contributed by atoms with E-state index in [0.717, 1.165) is 33.2 Å². The molecule has 0 aliphatic carbocycles. The van der Waals surface area contributed by atoms with Crippen molar-refractivity contribution in [2.24, 2.45) is 0 Å². The Morgan fingerprint density at radius 1 is 0.474 bits per heavy atom. The van der Waals surface area contributed by atoms with Crippen LogP contribution >= 0.6 is 0 Å². The van der Waals surface area contributed by atoms with Crippen molar-refractivity contribution in [2.75, 3.05) is 11.9 Å². The van der Waals surface area contributed by atoms with Crippen molar-refractivity contribution in [1.82, 2.24) is 0 Å². The largest absolute Gasteiger partial charge is 0.340 e. The number of fused-ring (bicyclic) bond motifs is 1. The molecule has 6 aromatic rings. The van der Waals surface area contributed by atoms with Crippen LogP contribution in [0.4, 0.5) is 20.2 Å². The van der Waals surface area contributed by atoms with Crippen LogP contribution in [0.25, 0.3) is 44.2 Å². The van der Waals surface area contributed by atoms with Crippen molar-refractivity contribution in [3.05, 3.63) is 145 Å². The summed E-state index contributed by atoms with van der Waals surface area (Å²) in [6.07, 6.45) is 0. The summed E-state index contributed by atoms with van der Waals surface area (Å²) in [7, 11) is 1.69. The van der Waals surface area contributed by atoms with E-state index in [4.69, 9.17) is 0 Å². The summed E-state index contributed by atoms with van der Waals surface area (Å²) < 4.78 is 31.2. The number of halogens is 2. The van der Waals surface area contributed by atoms with E-state index < -0.39 is 11.6 Å². The van der Waals surface area contributed by atoms with Crippen molar-refractivity contribution in [3.63, 3.8) is 0 Å². The van der Waals surface area contributed by atoms with Gasteiger partial charge >= 0.3 is 0 Å². The molecule has 0 aliphatic rings. The Bertz CT molecular complexity index is 1760. The summed E-state index contributed by atoms with van der Waals surface area (Å²) >= 11 is 0. The summed E-state index contributed by atoms with van der Waals surface area (Å²) in [5.74, 6) is -0.797. The topological polar surface area (TPSA) is 3.24 Å². The molecule has 0 unspecified atom stereocenters. The van der Waals surface area contributed by atoms with E-state index in [1.165, 1.54) is 11.5 Å². The minimum Gasteiger partial charge on any atom is -0.340 e. The van der Waals surface area contributed by atoms with E-state index in [0.29, 0.717) is 16.9 Å². The predicted molar refractivity (Wildman–Crippen MR) is 155 cm³/mol. The van der Waals surface area contributed by atoms with Crippen LogP contribution in [0.2, 0.25) is 0 Å². The lowest BCUT2D eigenvalue weighted by molar-refractivity contribution is 0.619. The molecule has 6 rings (SSSR count). The monoisotopic (exact) mass is 497 g/mol. The van der Waals surface area contributed by atoms with Crippen molar-refractivity contribution in [2.45, 2.75) is 0 Å². The molecule has 0 amide bonds. The van der Waals surface area contributed by atoms with Gasteiger partial charge in [0.2, 0.25) is 0 Å². The smallest absolute Gasteiger partial charge is 0.155 e. The minimum absolute atomic E-state index is 0.306. The van der Waals surface area contributed by atoms with E-state index in [9.17, 15) is 4.39 Å². The molecule has 0 saturated heterocycles. The molecular formula is C35H25F2N.